The SMILES string of the molecule is NCC(F)(F)CNc1cc(F)ccc1[N+](=O)[O-]. The fourth-order valence-corrected chi connectivity index (χ4v) is 1.11. The molecule has 5 nitrogen and oxygen atoms in total. The smallest absolute Gasteiger partial charge is 0.292 e. The summed E-state index contributed by atoms with van der Waals surface area (Å²) >= 11 is 0. The quantitative estimate of drug-likeness (QED) is 0.615. The number of hydrogen-bond acceptors (Lipinski definition) is 4. The molecule has 1 aromatic rings. The Balaban J connectivity index is 2.89. The maximum Gasteiger partial charge on any atom is 0.292 e. The summed E-state index contributed by atoms with van der Waals surface area (Å²) in [5.74, 6) is -3.96. The van der Waals surface area contributed by atoms with Crippen LogP contribution in [-0.4, -0.2) is 23.9 Å². The highest BCUT2D eigenvalue weighted by atomic mass is 19.3. The first kappa shape index (κ1) is 13.2. The van der Waals surface area contributed by atoms with E-state index in [2.05, 4.69) is 5.32 Å². The second kappa shape index (κ2) is 5.00. The zero-order valence-electron chi connectivity index (χ0n) is 8.62. The summed E-state index contributed by atoms with van der Waals surface area (Å²) in [5.41, 5.74) is 4.02. The molecule has 94 valence electrons. The number of anilines is 1. The number of nitrogens with zero attached hydrogens (tertiary/aromatic N) is 1. The topological polar surface area (TPSA) is 81.2 Å². The number of hydrogen-bond donors (Lipinski definition) is 2. The zero-order valence-corrected chi connectivity index (χ0v) is 8.62. The van der Waals surface area contributed by atoms with Crippen LogP contribution in [0.5, 0.6) is 0 Å². The summed E-state index contributed by atoms with van der Waals surface area (Å²) in [6, 6.07) is 2.56. The third-order valence-corrected chi connectivity index (χ3v) is 1.99. The molecule has 0 aromatic heterocycles. The third-order valence-electron chi connectivity index (χ3n) is 1.99. The van der Waals surface area contributed by atoms with E-state index in [4.69, 9.17) is 5.73 Å². The van der Waals surface area contributed by atoms with Crippen molar-refractivity contribution in [2.24, 2.45) is 5.73 Å². The van der Waals surface area contributed by atoms with Gasteiger partial charge >= 0.3 is 0 Å². The van der Waals surface area contributed by atoms with Crippen molar-refractivity contribution in [1.29, 1.82) is 0 Å². The Kier molecular flexibility index (Phi) is 3.89. The van der Waals surface area contributed by atoms with E-state index < -0.39 is 35.4 Å². The van der Waals surface area contributed by atoms with Crippen molar-refractivity contribution in [2.75, 3.05) is 18.4 Å². The Bertz CT molecular complexity index is 426. The molecule has 0 bridgehead atoms. The molecule has 0 saturated heterocycles. The maximum atomic E-state index is 12.8. The molecule has 0 fully saturated rings. The van der Waals surface area contributed by atoms with E-state index in [0.29, 0.717) is 0 Å². The monoisotopic (exact) mass is 249 g/mol. The van der Waals surface area contributed by atoms with Gasteiger partial charge in [-0.1, -0.05) is 0 Å². The van der Waals surface area contributed by atoms with E-state index in [0.717, 1.165) is 18.2 Å². The highest BCUT2D eigenvalue weighted by Gasteiger charge is 2.27. The lowest BCUT2D eigenvalue weighted by molar-refractivity contribution is -0.384. The van der Waals surface area contributed by atoms with Crippen LogP contribution in [0.25, 0.3) is 0 Å². The molecule has 1 rings (SSSR count). The molecule has 0 aliphatic carbocycles. The molecule has 0 amide bonds. The Morgan fingerprint density at radius 2 is 2.12 bits per heavy atom. The molecule has 0 aliphatic rings. The molecule has 0 heterocycles. The van der Waals surface area contributed by atoms with Crippen molar-refractivity contribution in [3.05, 3.63) is 34.1 Å². The molecule has 0 spiro atoms. The van der Waals surface area contributed by atoms with Gasteiger partial charge in [0.2, 0.25) is 0 Å². The van der Waals surface area contributed by atoms with E-state index in [1.165, 1.54) is 0 Å². The lowest BCUT2D eigenvalue weighted by Gasteiger charge is -2.15. The van der Waals surface area contributed by atoms with Crippen LogP contribution >= 0.6 is 0 Å². The molecular weight excluding hydrogens is 239 g/mol. The molecule has 0 atom stereocenters. The summed E-state index contributed by atoms with van der Waals surface area (Å²) in [6.45, 7) is -1.79. The van der Waals surface area contributed by atoms with Crippen molar-refractivity contribution in [3.8, 4) is 0 Å². The van der Waals surface area contributed by atoms with Gasteiger partial charge in [-0.15, -0.1) is 0 Å². The third kappa shape index (κ3) is 3.59. The van der Waals surface area contributed by atoms with Crippen LogP contribution in [0.3, 0.4) is 0 Å². The number of halogens is 3. The normalized spacial score (nSPS) is 11.3. The number of rotatable bonds is 5. The van der Waals surface area contributed by atoms with Crippen molar-refractivity contribution >= 4 is 11.4 Å². The Morgan fingerprint density at radius 3 is 2.65 bits per heavy atom. The van der Waals surface area contributed by atoms with Crippen molar-refractivity contribution in [3.63, 3.8) is 0 Å². The van der Waals surface area contributed by atoms with Gasteiger partial charge in [0.1, 0.15) is 11.5 Å². The number of nitrogens with two attached hydrogens (primary N) is 1. The fourth-order valence-electron chi connectivity index (χ4n) is 1.11. The second-order valence-electron chi connectivity index (χ2n) is 3.33. The lowest BCUT2D eigenvalue weighted by Crippen LogP contribution is -2.35. The molecule has 0 aliphatic heterocycles. The second-order valence-corrected chi connectivity index (χ2v) is 3.33. The minimum atomic E-state index is -3.21. The molecule has 0 radical (unpaired) electrons. The van der Waals surface area contributed by atoms with Crippen LogP contribution in [0.4, 0.5) is 24.5 Å². The summed E-state index contributed by atoms with van der Waals surface area (Å²) in [6.07, 6.45) is 0. The van der Waals surface area contributed by atoms with Crippen LogP contribution in [0.15, 0.2) is 18.2 Å². The van der Waals surface area contributed by atoms with Crippen LogP contribution in [0.1, 0.15) is 0 Å². The van der Waals surface area contributed by atoms with Gasteiger partial charge < -0.3 is 11.1 Å². The fraction of sp³-hybridized carbons (Fsp3) is 0.333. The highest BCUT2D eigenvalue weighted by molar-refractivity contribution is 5.61. The number of nitro groups is 1. The maximum absolute atomic E-state index is 12.8. The van der Waals surface area contributed by atoms with Crippen LogP contribution in [0.2, 0.25) is 0 Å². The standard InChI is InChI=1S/C9H10F3N3O2/c10-6-1-2-8(15(16)17)7(3-6)14-5-9(11,12)4-13/h1-3,14H,4-5,13H2. The van der Waals surface area contributed by atoms with E-state index in [1.54, 1.807) is 0 Å². The largest absolute Gasteiger partial charge is 0.373 e. The minimum Gasteiger partial charge on any atom is -0.373 e. The van der Waals surface area contributed by atoms with Gasteiger partial charge in [0, 0.05) is 12.1 Å². The first-order chi connectivity index (χ1) is 7.85. The highest BCUT2D eigenvalue weighted by Crippen LogP contribution is 2.26. The minimum absolute atomic E-state index is 0.303. The molecule has 0 saturated carbocycles. The van der Waals surface area contributed by atoms with Crippen molar-refractivity contribution in [1.82, 2.24) is 0 Å². The summed E-state index contributed by atoms with van der Waals surface area (Å²) < 4.78 is 38.5. The van der Waals surface area contributed by atoms with Gasteiger partial charge in [-0.3, -0.25) is 10.1 Å². The Hall–Kier alpha value is -1.83. The molecule has 17 heavy (non-hydrogen) atoms. The average Bonchev–Trinajstić information content (AvgIpc) is 2.26. The van der Waals surface area contributed by atoms with Gasteiger partial charge in [0.05, 0.1) is 18.0 Å². The molecule has 3 N–H and O–H groups in total. The van der Waals surface area contributed by atoms with Crippen LogP contribution < -0.4 is 11.1 Å². The first-order valence-electron chi connectivity index (χ1n) is 4.61. The van der Waals surface area contributed by atoms with Gasteiger partial charge in [-0.2, -0.15) is 0 Å². The van der Waals surface area contributed by atoms with Gasteiger partial charge in [-0.25, -0.2) is 13.2 Å². The molecule has 8 heteroatoms. The van der Waals surface area contributed by atoms with E-state index >= 15 is 0 Å². The van der Waals surface area contributed by atoms with Gasteiger partial charge in [0.15, 0.2) is 0 Å². The van der Waals surface area contributed by atoms with E-state index in [1.807, 2.05) is 0 Å². The van der Waals surface area contributed by atoms with Crippen LogP contribution in [0, 0.1) is 15.9 Å². The number of benzene rings is 1. The van der Waals surface area contributed by atoms with Crippen LogP contribution in [-0.2, 0) is 0 Å². The summed E-state index contributed by atoms with van der Waals surface area (Å²) in [5, 5.41) is 12.7. The van der Waals surface area contributed by atoms with E-state index in [9.17, 15) is 23.3 Å². The number of alkyl halides is 2. The Morgan fingerprint density at radius 1 is 1.47 bits per heavy atom. The predicted octanol–water partition coefficient (Wildman–Crippen LogP) is 1.74. The van der Waals surface area contributed by atoms with Gasteiger partial charge in [-0.05, 0) is 6.07 Å². The predicted molar refractivity (Wildman–Crippen MR) is 55.5 cm³/mol. The number of nitrogens with one attached hydrogen (secondary N) is 1. The molecular formula is C9H10F3N3O2. The Labute approximate surface area is 94.6 Å². The molecule has 0 unspecified atom stereocenters. The van der Waals surface area contributed by atoms with Gasteiger partial charge in [0.25, 0.3) is 11.6 Å². The summed E-state index contributed by atoms with van der Waals surface area (Å²) in [7, 11) is 0. The van der Waals surface area contributed by atoms with Crippen molar-refractivity contribution in [2.45, 2.75) is 5.92 Å². The molecule has 1 aromatic carbocycles. The summed E-state index contributed by atoms with van der Waals surface area (Å²) in [4.78, 5) is 9.77. The zero-order chi connectivity index (χ0) is 13.1. The van der Waals surface area contributed by atoms with Crippen molar-refractivity contribution < 1.29 is 18.1 Å². The first-order valence-corrected chi connectivity index (χ1v) is 4.61. The lowest BCUT2D eigenvalue weighted by atomic mass is 10.2. The number of nitro benzene ring substituents is 1. The average molecular weight is 249 g/mol. The van der Waals surface area contributed by atoms with E-state index in [-0.39, 0.29) is 5.69 Å².